The van der Waals surface area contributed by atoms with Crippen LogP contribution in [0.25, 0.3) is 0 Å². The first-order valence-corrected chi connectivity index (χ1v) is 6.87. The van der Waals surface area contributed by atoms with E-state index >= 15 is 0 Å². The van der Waals surface area contributed by atoms with Gasteiger partial charge < -0.3 is 5.32 Å². The fraction of sp³-hybridized carbons (Fsp3) is 0.333. The molecule has 0 heterocycles. The molecular formula is C18H23N. The number of hydrogen-bond acceptors (Lipinski definition) is 1. The van der Waals surface area contributed by atoms with E-state index in [1.54, 1.807) is 0 Å². The van der Waals surface area contributed by atoms with Gasteiger partial charge in [-0.2, -0.15) is 0 Å². The second kappa shape index (κ2) is 5.48. The quantitative estimate of drug-likeness (QED) is 0.803. The summed E-state index contributed by atoms with van der Waals surface area (Å²) in [4.78, 5) is 0. The summed E-state index contributed by atoms with van der Waals surface area (Å²) in [5.41, 5.74) is 7.83. The molecule has 2 aromatic rings. The molecule has 0 bridgehead atoms. The summed E-state index contributed by atoms with van der Waals surface area (Å²) >= 11 is 0. The van der Waals surface area contributed by atoms with E-state index in [9.17, 15) is 0 Å². The van der Waals surface area contributed by atoms with Gasteiger partial charge in [-0.25, -0.2) is 0 Å². The fourth-order valence-corrected chi connectivity index (χ4v) is 2.61. The van der Waals surface area contributed by atoms with Crippen LogP contribution in [0.15, 0.2) is 36.4 Å². The number of anilines is 1. The van der Waals surface area contributed by atoms with Crippen LogP contribution < -0.4 is 5.32 Å². The Morgan fingerprint density at radius 1 is 0.789 bits per heavy atom. The average molecular weight is 253 g/mol. The summed E-state index contributed by atoms with van der Waals surface area (Å²) in [5.74, 6) is 0. The highest BCUT2D eigenvalue weighted by Crippen LogP contribution is 2.24. The molecule has 1 unspecified atom stereocenters. The standard InChI is InChI=1S/C18H23N/c1-12-6-7-15(4)18(11-12)16(5)19-17-9-13(2)8-14(3)10-17/h6-11,16,19H,1-5H3. The first-order chi connectivity index (χ1) is 8.95. The number of benzene rings is 2. The van der Waals surface area contributed by atoms with Gasteiger partial charge in [0.05, 0.1) is 0 Å². The monoisotopic (exact) mass is 253 g/mol. The van der Waals surface area contributed by atoms with Gasteiger partial charge in [0, 0.05) is 11.7 Å². The van der Waals surface area contributed by atoms with E-state index in [2.05, 4.69) is 76.3 Å². The molecule has 0 aliphatic heterocycles. The second-order valence-electron chi connectivity index (χ2n) is 5.60. The molecule has 2 rings (SSSR count). The van der Waals surface area contributed by atoms with Crippen molar-refractivity contribution < 1.29 is 0 Å². The van der Waals surface area contributed by atoms with Crippen molar-refractivity contribution >= 4 is 5.69 Å². The van der Waals surface area contributed by atoms with Crippen molar-refractivity contribution in [1.29, 1.82) is 0 Å². The number of nitrogens with one attached hydrogen (secondary N) is 1. The van der Waals surface area contributed by atoms with Crippen LogP contribution in [-0.2, 0) is 0 Å². The van der Waals surface area contributed by atoms with Crippen molar-refractivity contribution in [3.05, 3.63) is 64.2 Å². The van der Waals surface area contributed by atoms with E-state index in [0.717, 1.165) is 0 Å². The molecule has 1 N–H and O–H groups in total. The molecule has 0 aliphatic rings. The molecule has 0 saturated carbocycles. The van der Waals surface area contributed by atoms with Crippen LogP contribution in [-0.4, -0.2) is 0 Å². The lowest BCUT2D eigenvalue weighted by Gasteiger charge is -2.19. The Balaban J connectivity index is 2.25. The zero-order valence-electron chi connectivity index (χ0n) is 12.5. The Morgan fingerprint density at radius 3 is 2.05 bits per heavy atom. The predicted molar refractivity (Wildman–Crippen MR) is 83.9 cm³/mol. The van der Waals surface area contributed by atoms with E-state index in [4.69, 9.17) is 0 Å². The number of aryl methyl sites for hydroxylation is 4. The van der Waals surface area contributed by atoms with Gasteiger partial charge in [-0.3, -0.25) is 0 Å². The maximum atomic E-state index is 3.61. The van der Waals surface area contributed by atoms with Crippen LogP contribution in [0.2, 0.25) is 0 Å². The van der Waals surface area contributed by atoms with Gasteiger partial charge in [0.15, 0.2) is 0 Å². The largest absolute Gasteiger partial charge is 0.378 e. The van der Waals surface area contributed by atoms with Crippen molar-refractivity contribution in [3.63, 3.8) is 0 Å². The minimum absolute atomic E-state index is 0.320. The van der Waals surface area contributed by atoms with Gasteiger partial charge in [0.25, 0.3) is 0 Å². The topological polar surface area (TPSA) is 12.0 Å². The molecule has 1 heteroatoms. The second-order valence-corrected chi connectivity index (χ2v) is 5.60. The van der Waals surface area contributed by atoms with Crippen molar-refractivity contribution in [1.82, 2.24) is 0 Å². The van der Waals surface area contributed by atoms with Crippen LogP contribution >= 0.6 is 0 Å². The van der Waals surface area contributed by atoms with Crippen LogP contribution in [0.5, 0.6) is 0 Å². The zero-order chi connectivity index (χ0) is 14.0. The molecule has 0 fully saturated rings. The molecule has 100 valence electrons. The van der Waals surface area contributed by atoms with Crippen molar-refractivity contribution in [3.8, 4) is 0 Å². The lowest BCUT2D eigenvalue weighted by Crippen LogP contribution is -2.08. The lowest BCUT2D eigenvalue weighted by atomic mass is 9.99. The minimum atomic E-state index is 0.320. The van der Waals surface area contributed by atoms with Gasteiger partial charge in [0.1, 0.15) is 0 Å². The highest BCUT2D eigenvalue weighted by molar-refractivity contribution is 5.50. The van der Waals surface area contributed by atoms with Crippen LogP contribution in [0, 0.1) is 27.7 Å². The van der Waals surface area contributed by atoms with Crippen molar-refractivity contribution in [2.75, 3.05) is 5.32 Å². The van der Waals surface area contributed by atoms with E-state index in [1.807, 2.05) is 0 Å². The highest BCUT2D eigenvalue weighted by Gasteiger charge is 2.09. The smallest absolute Gasteiger partial charge is 0.0488 e. The molecule has 2 aromatic carbocycles. The third-order valence-electron chi connectivity index (χ3n) is 3.51. The molecule has 0 aromatic heterocycles. The molecule has 1 nitrogen and oxygen atoms in total. The van der Waals surface area contributed by atoms with Gasteiger partial charge in [-0.05, 0) is 69.0 Å². The van der Waals surface area contributed by atoms with E-state index in [0.29, 0.717) is 6.04 Å². The van der Waals surface area contributed by atoms with E-state index < -0.39 is 0 Å². The van der Waals surface area contributed by atoms with Crippen LogP contribution in [0.1, 0.15) is 40.8 Å². The Hall–Kier alpha value is -1.76. The number of hydrogen-bond donors (Lipinski definition) is 1. The Bertz CT molecular complexity index is 564. The third-order valence-corrected chi connectivity index (χ3v) is 3.51. The maximum Gasteiger partial charge on any atom is 0.0488 e. The molecular weight excluding hydrogens is 230 g/mol. The van der Waals surface area contributed by atoms with Crippen molar-refractivity contribution in [2.24, 2.45) is 0 Å². The van der Waals surface area contributed by atoms with Crippen LogP contribution in [0.4, 0.5) is 5.69 Å². The summed E-state index contributed by atoms with van der Waals surface area (Å²) < 4.78 is 0. The molecule has 1 atom stereocenters. The summed E-state index contributed by atoms with van der Waals surface area (Å²) in [6.07, 6.45) is 0. The molecule has 19 heavy (non-hydrogen) atoms. The van der Waals surface area contributed by atoms with Crippen LogP contribution in [0.3, 0.4) is 0 Å². The van der Waals surface area contributed by atoms with Gasteiger partial charge in [-0.15, -0.1) is 0 Å². The summed E-state index contributed by atoms with van der Waals surface area (Å²) in [6, 6.07) is 13.6. The minimum Gasteiger partial charge on any atom is -0.378 e. The Labute approximate surface area is 116 Å². The summed E-state index contributed by atoms with van der Waals surface area (Å²) in [5, 5.41) is 3.61. The molecule has 0 amide bonds. The summed E-state index contributed by atoms with van der Waals surface area (Å²) in [6.45, 7) is 10.8. The predicted octanol–water partition coefficient (Wildman–Crippen LogP) is 5.09. The first-order valence-electron chi connectivity index (χ1n) is 6.87. The Kier molecular flexibility index (Phi) is 3.94. The molecule has 0 saturated heterocycles. The number of rotatable bonds is 3. The van der Waals surface area contributed by atoms with Crippen molar-refractivity contribution in [2.45, 2.75) is 40.7 Å². The fourth-order valence-electron chi connectivity index (χ4n) is 2.61. The maximum absolute atomic E-state index is 3.61. The SMILES string of the molecule is Cc1cc(C)cc(NC(C)c2cc(C)ccc2C)c1. The zero-order valence-corrected chi connectivity index (χ0v) is 12.5. The average Bonchev–Trinajstić information content (AvgIpc) is 2.30. The Morgan fingerprint density at radius 2 is 1.42 bits per heavy atom. The lowest BCUT2D eigenvalue weighted by molar-refractivity contribution is 0.871. The summed E-state index contributed by atoms with van der Waals surface area (Å²) in [7, 11) is 0. The molecule has 0 aliphatic carbocycles. The van der Waals surface area contributed by atoms with E-state index in [1.165, 1.54) is 33.5 Å². The highest BCUT2D eigenvalue weighted by atomic mass is 14.9. The molecule has 0 radical (unpaired) electrons. The van der Waals surface area contributed by atoms with Gasteiger partial charge >= 0.3 is 0 Å². The van der Waals surface area contributed by atoms with Gasteiger partial charge in [0.2, 0.25) is 0 Å². The first kappa shape index (κ1) is 13.7. The van der Waals surface area contributed by atoms with E-state index in [-0.39, 0.29) is 0 Å². The molecule has 0 spiro atoms. The third kappa shape index (κ3) is 3.37. The van der Waals surface area contributed by atoms with Gasteiger partial charge in [-0.1, -0.05) is 29.8 Å². The normalized spacial score (nSPS) is 12.3.